The number of methoxy groups -OCH3 is 1. The number of hydrogen-bond acceptors (Lipinski definition) is 6. The summed E-state index contributed by atoms with van der Waals surface area (Å²) < 4.78 is 16.8. The second-order valence-corrected chi connectivity index (χ2v) is 8.11. The van der Waals surface area contributed by atoms with Crippen LogP contribution in [0.5, 0.6) is 11.5 Å². The van der Waals surface area contributed by atoms with Gasteiger partial charge in [0.15, 0.2) is 17.5 Å². The molecule has 1 saturated heterocycles. The van der Waals surface area contributed by atoms with E-state index in [2.05, 4.69) is 27.4 Å². The summed E-state index contributed by atoms with van der Waals surface area (Å²) in [5.74, 6) is 4.54. The molecule has 1 aromatic carbocycles. The molecule has 0 saturated carbocycles. The van der Waals surface area contributed by atoms with Gasteiger partial charge in [0.2, 0.25) is 5.89 Å². The van der Waals surface area contributed by atoms with Gasteiger partial charge in [-0.25, -0.2) is 4.98 Å². The number of rotatable bonds is 9. The van der Waals surface area contributed by atoms with Crippen molar-refractivity contribution in [3.63, 3.8) is 0 Å². The van der Waals surface area contributed by atoms with E-state index in [4.69, 9.17) is 18.9 Å². The summed E-state index contributed by atoms with van der Waals surface area (Å²) >= 11 is 0. The molecule has 1 fully saturated rings. The predicted molar refractivity (Wildman–Crippen MR) is 143 cm³/mol. The van der Waals surface area contributed by atoms with Crippen LogP contribution in [0.15, 0.2) is 27.6 Å². The lowest BCUT2D eigenvalue weighted by molar-refractivity contribution is 0.166. The Hall–Kier alpha value is -2.01. The minimum absolute atomic E-state index is 0. The zero-order valence-electron chi connectivity index (χ0n) is 20.4. The number of guanidine groups is 1. The summed E-state index contributed by atoms with van der Waals surface area (Å²) in [6.45, 7) is 13.0. The molecule has 3 rings (SSSR count). The smallest absolute Gasteiger partial charge is 0.208 e. The Morgan fingerprint density at radius 3 is 2.58 bits per heavy atom. The van der Waals surface area contributed by atoms with Crippen molar-refractivity contribution in [1.82, 2.24) is 15.2 Å². The first-order valence-electron chi connectivity index (χ1n) is 11.5. The van der Waals surface area contributed by atoms with E-state index in [9.17, 15) is 0 Å². The lowest BCUT2D eigenvalue weighted by Crippen LogP contribution is -2.35. The van der Waals surface area contributed by atoms with Gasteiger partial charge in [0.05, 0.1) is 26.0 Å². The molecule has 2 aromatic rings. The highest BCUT2D eigenvalue weighted by Crippen LogP contribution is 2.30. The van der Waals surface area contributed by atoms with E-state index in [0.717, 1.165) is 86.1 Å². The van der Waals surface area contributed by atoms with Crippen LogP contribution in [-0.4, -0.2) is 55.7 Å². The van der Waals surface area contributed by atoms with Gasteiger partial charge in [-0.2, -0.15) is 0 Å². The Bertz CT molecular complexity index is 875. The molecule has 0 amide bonds. The zero-order valence-corrected chi connectivity index (χ0v) is 22.8. The lowest BCUT2D eigenvalue weighted by atomic mass is 9.97. The van der Waals surface area contributed by atoms with Crippen molar-refractivity contribution in [3.05, 3.63) is 35.5 Å². The number of aromatic nitrogens is 1. The van der Waals surface area contributed by atoms with Gasteiger partial charge in [0.25, 0.3) is 0 Å². The zero-order chi connectivity index (χ0) is 22.9. The standard InChI is InChI=1S/C24H37N5O3.HI/c1-6-25-24(28-20-8-9-21(30-5)22(14-20)31-7-2)26-15-19-10-12-29(13-11-19)16-23-27-17(3)18(4)32-23;/h8-9,14,19H,6-7,10-13,15-16H2,1-5H3,(H2,25,26,28);1H. The molecule has 0 unspecified atom stereocenters. The normalized spacial score (nSPS) is 15.1. The molecule has 8 nitrogen and oxygen atoms in total. The van der Waals surface area contributed by atoms with Gasteiger partial charge in [0, 0.05) is 24.8 Å². The topological polar surface area (TPSA) is 84.2 Å². The highest BCUT2D eigenvalue weighted by molar-refractivity contribution is 14.0. The summed E-state index contributed by atoms with van der Waals surface area (Å²) in [5.41, 5.74) is 1.90. The summed E-state index contributed by atoms with van der Waals surface area (Å²) in [5, 5.41) is 6.73. The largest absolute Gasteiger partial charge is 0.493 e. The van der Waals surface area contributed by atoms with E-state index in [1.54, 1.807) is 7.11 Å². The van der Waals surface area contributed by atoms with E-state index in [-0.39, 0.29) is 24.0 Å². The van der Waals surface area contributed by atoms with Gasteiger partial charge < -0.3 is 24.5 Å². The maximum atomic E-state index is 5.74. The van der Waals surface area contributed by atoms with Crippen molar-refractivity contribution >= 4 is 35.6 Å². The van der Waals surface area contributed by atoms with Gasteiger partial charge in [-0.05, 0) is 71.7 Å². The monoisotopic (exact) mass is 571 g/mol. The molecular formula is C24H38IN5O3. The van der Waals surface area contributed by atoms with Crippen molar-refractivity contribution in [2.45, 2.75) is 47.1 Å². The van der Waals surface area contributed by atoms with Crippen LogP contribution in [0.3, 0.4) is 0 Å². The van der Waals surface area contributed by atoms with E-state index in [1.807, 2.05) is 39.0 Å². The van der Waals surface area contributed by atoms with Crippen LogP contribution in [0.2, 0.25) is 0 Å². The van der Waals surface area contributed by atoms with Crippen molar-refractivity contribution in [1.29, 1.82) is 0 Å². The molecule has 2 N–H and O–H groups in total. The van der Waals surface area contributed by atoms with Gasteiger partial charge in [-0.1, -0.05) is 0 Å². The highest BCUT2D eigenvalue weighted by Gasteiger charge is 2.21. The Morgan fingerprint density at radius 2 is 1.97 bits per heavy atom. The number of piperidine rings is 1. The van der Waals surface area contributed by atoms with Crippen LogP contribution in [0.4, 0.5) is 5.69 Å². The Labute approximate surface area is 214 Å². The molecule has 1 aromatic heterocycles. The summed E-state index contributed by atoms with van der Waals surface area (Å²) in [4.78, 5) is 11.8. The Balaban J connectivity index is 0.00000385. The third kappa shape index (κ3) is 8.06. The Kier molecular flexibility index (Phi) is 11.3. The third-order valence-electron chi connectivity index (χ3n) is 5.72. The number of anilines is 1. The molecule has 184 valence electrons. The minimum atomic E-state index is 0. The molecule has 0 aliphatic carbocycles. The Morgan fingerprint density at radius 1 is 1.21 bits per heavy atom. The number of benzene rings is 1. The molecule has 33 heavy (non-hydrogen) atoms. The first-order valence-corrected chi connectivity index (χ1v) is 11.5. The quantitative estimate of drug-likeness (QED) is 0.259. The SMILES string of the molecule is CCNC(=NCC1CCN(Cc2nc(C)c(C)o2)CC1)Nc1ccc(OC)c(OCC)c1.I. The van der Waals surface area contributed by atoms with Gasteiger partial charge in [-0.15, -0.1) is 24.0 Å². The molecule has 0 radical (unpaired) electrons. The average Bonchev–Trinajstić information content (AvgIpc) is 3.10. The van der Waals surface area contributed by atoms with E-state index < -0.39 is 0 Å². The van der Waals surface area contributed by atoms with Gasteiger partial charge in [-0.3, -0.25) is 9.89 Å². The van der Waals surface area contributed by atoms with Crippen LogP contribution in [0.25, 0.3) is 0 Å². The number of hydrogen-bond donors (Lipinski definition) is 2. The molecule has 1 aliphatic heterocycles. The fourth-order valence-electron chi connectivity index (χ4n) is 3.81. The summed E-state index contributed by atoms with van der Waals surface area (Å²) in [6.07, 6.45) is 2.25. The van der Waals surface area contributed by atoms with Crippen molar-refractivity contribution in [2.24, 2.45) is 10.9 Å². The van der Waals surface area contributed by atoms with E-state index in [0.29, 0.717) is 12.5 Å². The average molecular weight is 572 g/mol. The van der Waals surface area contributed by atoms with E-state index in [1.165, 1.54) is 0 Å². The summed E-state index contributed by atoms with van der Waals surface area (Å²) in [7, 11) is 1.65. The number of oxazole rings is 1. The van der Waals surface area contributed by atoms with Crippen molar-refractivity contribution in [2.75, 3.05) is 45.2 Å². The number of halogens is 1. The molecule has 2 heterocycles. The molecule has 1 aliphatic rings. The first kappa shape index (κ1) is 27.2. The number of nitrogens with one attached hydrogen (secondary N) is 2. The molecular weight excluding hydrogens is 533 g/mol. The third-order valence-corrected chi connectivity index (χ3v) is 5.72. The number of aliphatic imine (C=N–C) groups is 1. The van der Waals surface area contributed by atoms with Crippen LogP contribution in [-0.2, 0) is 6.54 Å². The minimum Gasteiger partial charge on any atom is -0.493 e. The predicted octanol–water partition coefficient (Wildman–Crippen LogP) is 4.61. The second-order valence-electron chi connectivity index (χ2n) is 8.11. The van der Waals surface area contributed by atoms with Crippen LogP contribution in [0, 0.1) is 19.8 Å². The van der Waals surface area contributed by atoms with Crippen LogP contribution < -0.4 is 20.1 Å². The van der Waals surface area contributed by atoms with Gasteiger partial charge in [0.1, 0.15) is 5.76 Å². The molecule has 0 atom stereocenters. The van der Waals surface area contributed by atoms with Crippen molar-refractivity contribution < 1.29 is 13.9 Å². The number of ether oxygens (including phenoxy) is 2. The van der Waals surface area contributed by atoms with E-state index >= 15 is 0 Å². The maximum Gasteiger partial charge on any atom is 0.208 e. The molecule has 9 heteroatoms. The number of nitrogens with zero attached hydrogens (tertiary/aromatic N) is 3. The van der Waals surface area contributed by atoms with Gasteiger partial charge >= 0.3 is 0 Å². The molecule has 0 spiro atoms. The van der Waals surface area contributed by atoms with Crippen LogP contribution in [0.1, 0.15) is 44.0 Å². The summed E-state index contributed by atoms with van der Waals surface area (Å²) in [6, 6.07) is 5.82. The number of likely N-dealkylation sites (tertiary alicyclic amines) is 1. The first-order chi connectivity index (χ1) is 15.5. The second kappa shape index (κ2) is 13.6. The fraction of sp³-hybridized carbons (Fsp3) is 0.583. The molecule has 0 bridgehead atoms. The number of aryl methyl sites for hydroxylation is 2. The fourth-order valence-corrected chi connectivity index (χ4v) is 3.81. The van der Waals surface area contributed by atoms with Crippen molar-refractivity contribution in [3.8, 4) is 11.5 Å². The van der Waals surface area contributed by atoms with Crippen LogP contribution >= 0.6 is 24.0 Å². The highest BCUT2D eigenvalue weighted by atomic mass is 127. The maximum absolute atomic E-state index is 5.74. The lowest BCUT2D eigenvalue weighted by Gasteiger charge is -2.30.